The van der Waals surface area contributed by atoms with Gasteiger partial charge < -0.3 is 53.8 Å². The van der Waals surface area contributed by atoms with E-state index in [1.807, 2.05) is 0 Å². The summed E-state index contributed by atoms with van der Waals surface area (Å²) in [6.45, 7) is 32.3. The van der Waals surface area contributed by atoms with Gasteiger partial charge in [-0.1, -0.05) is 120 Å². The third kappa shape index (κ3) is 71.3. The molecule has 0 aromatic carbocycles. The minimum absolute atomic E-state index is 1.32. The maximum absolute atomic E-state index is 9.63. The van der Waals surface area contributed by atoms with Crippen LogP contribution in [0.2, 0.25) is 0 Å². The molecule has 0 unspecified atom stereocenters. The van der Waals surface area contributed by atoms with Crippen LogP contribution in [0.1, 0.15) is 178 Å². The highest BCUT2D eigenvalue weighted by Crippen LogP contribution is 2.54. The Bertz CT molecular complexity index is 817. The van der Waals surface area contributed by atoms with Crippen molar-refractivity contribution in [3.05, 3.63) is 0 Å². The van der Waals surface area contributed by atoms with E-state index in [0.29, 0.717) is 0 Å². The van der Waals surface area contributed by atoms with Crippen molar-refractivity contribution in [2.24, 2.45) is 0 Å². The Morgan fingerprint density at radius 1 is 0.281 bits per heavy atom. The second-order valence-electron chi connectivity index (χ2n) is 13.8. The molecule has 0 radical (unpaired) electrons. The van der Waals surface area contributed by atoms with Gasteiger partial charge in [0.25, 0.3) is 0 Å². The molecule has 0 rings (SSSR count). The van der Waals surface area contributed by atoms with Crippen LogP contribution in [-0.4, -0.2) is 113 Å². The number of rotatable bonds is 31. The molecule has 0 saturated heterocycles. The van der Waals surface area contributed by atoms with Crippen molar-refractivity contribution >= 4 is 31.3 Å². The Labute approximate surface area is 348 Å². The molecule has 0 aliphatic carbocycles. The van der Waals surface area contributed by atoms with Gasteiger partial charge in [-0.2, -0.15) is 8.62 Å². The normalized spacial score (nSPS) is 11.9. The van der Waals surface area contributed by atoms with Gasteiger partial charge in [0, 0.05) is 0 Å². The summed E-state index contributed by atoms with van der Waals surface area (Å²) in [5.41, 5.74) is 0. The van der Waals surface area contributed by atoms with Gasteiger partial charge in [0.15, 0.2) is 0 Å². The molecule has 57 heavy (non-hydrogen) atoms. The number of unbranched alkanes of at least 4 members (excludes halogenated alkanes) is 9. The van der Waals surface area contributed by atoms with Gasteiger partial charge in [-0.15, -0.1) is 0 Å². The summed E-state index contributed by atoms with van der Waals surface area (Å²) in [6, 6.07) is 0. The molecular formula is C36H89N3O14P4. The van der Waals surface area contributed by atoms with Crippen molar-refractivity contribution in [2.45, 2.75) is 178 Å². The SMILES string of the molecule is CCCCN(CCCC)CCCC.CCCCN(CCCC)CCCC.CCCCN(CCCC)CCCC.O=P(O)(O)OP(=O)(O)O.O=P(O)(O)OP(=O)(O)O. The number of hydrogen-bond acceptors (Lipinski definition) is 9. The minimum Gasteiger partial charge on any atom is -0.303 e. The fourth-order valence-corrected chi connectivity index (χ4v) is 6.94. The van der Waals surface area contributed by atoms with E-state index in [1.165, 1.54) is 174 Å². The fraction of sp³-hybridized carbons (Fsp3) is 1.00. The molecule has 17 nitrogen and oxygen atoms in total. The second kappa shape index (κ2) is 44.5. The van der Waals surface area contributed by atoms with Gasteiger partial charge in [-0.3, -0.25) is 0 Å². The van der Waals surface area contributed by atoms with Crippen LogP contribution >= 0.6 is 31.3 Å². The average Bonchev–Trinajstić information content (AvgIpc) is 3.08. The van der Waals surface area contributed by atoms with Gasteiger partial charge in [0.05, 0.1) is 0 Å². The zero-order valence-electron chi connectivity index (χ0n) is 37.2. The standard InChI is InChI=1S/3C12H27N.2H4O7P2/c3*1-4-7-10-13(11-8-5-2)12-9-6-3;2*1-8(2,3)7-9(4,5)6/h3*4-12H2,1-3H3;2*(H2,1,2,3)(H2,4,5,6). The van der Waals surface area contributed by atoms with Crippen molar-refractivity contribution in [1.29, 1.82) is 0 Å². The number of phosphoric acid groups is 4. The lowest BCUT2D eigenvalue weighted by molar-refractivity contribution is 0.221. The molecule has 0 atom stereocenters. The van der Waals surface area contributed by atoms with E-state index in [4.69, 9.17) is 39.1 Å². The van der Waals surface area contributed by atoms with E-state index in [2.05, 4.69) is 85.6 Å². The van der Waals surface area contributed by atoms with Gasteiger partial charge in [0.1, 0.15) is 0 Å². The van der Waals surface area contributed by atoms with Crippen molar-refractivity contribution in [3.63, 3.8) is 0 Å². The molecule has 0 aromatic heterocycles. The maximum Gasteiger partial charge on any atom is 0.478 e. The minimum atomic E-state index is -5.05. The highest BCUT2D eigenvalue weighted by atomic mass is 31.3. The van der Waals surface area contributed by atoms with Crippen LogP contribution in [0.15, 0.2) is 0 Å². The summed E-state index contributed by atoms with van der Waals surface area (Å²) in [4.78, 5) is 69.9. The summed E-state index contributed by atoms with van der Waals surface area (Å²) in [5, 5.41) is 0. The topological polar surface area (TPSA) is 258 Å². The molecule has 0 aliphatic heterocycles. The van der Waals surface area contributed by atoms with Crippen LogP contribution in [0.3, 0.4) is 0 Å². The summed E-state index contributed by atoms with van der Waals surface area (Å²) < 4.78 is 44.4. The van der Waals surface area contributed by atoms with Gasteiger partial charge >= 0.3 is 31.3 Å². The molecule has 0 spiro atoms. The van der Waals surface area contributed by atoms with Crippen molar-refractivity contribution in [1.82, 2.24) is 14.7 Å². The highest BCUT2D eigenvalue weighted by molar-refractivity contribution is 7.60. The maximum atomic E-state index is 9.63. The predicted molar refractivity (Wildman–Crippen MR) is 234 cm³/mol. The van der Waals surface area contributed by atoms with Crippen molar-refractivity contribution in [2.75, 3.05) is 58.9 Å². The molecular weight excluding hydrogens is 822 g/mol. The molecule has 0 amide bonds. The second-order valence-corrected chi connectivity index (χ2v) is 19.1. The molecule has 0 aromatic rings. The van der Waals surface area contributed by atoms with Crippen LogP contribution in [0.5, 0.6) is 0 Å². The zero-order valence-corrected chi connectivity index (χ0v) is 40.8. The summed E-state index contributed by atoms with van der Waals surface area (Å²) >= 11 is 0. The van der Waals surface area contributed by atoms with Crippen LogP contribution in [0.4, 0.5) is 0 Å². The first kappa shape index (κ1) is 66.5. The average molecular weight is 912 g/mol. The lowest BCUT2D eigenvalue weighted by atomic mass is 10.2. The van der Waals surface area contributed by atoms with Gasteiger partial charge in [0.2, 0.25) is 0 Å². The largest absolute Gasteiger partial charge is 0.478 e. The molecule has 21 heteroatoms. The smallest absolute Gasteiger partial charge is 0.303 e. The van der Waals surface area contributed by atoms with E-state index in [9.17, 15) is 18.3 Å². The molecule has 0 heterocycles. The number of hydrogen-bond donors (Lipinski definition) is 8. The number of nitrogens with zero attached hydrogens (tertiary/aromatic N) is 3. The third-order valence-corrected chi connectivity index (χ3v) is 11.3. The van der Waals surface area contributed by atoms with E-state index in [-0.39, 0.29) is 0 Å². The Morgan fingerprint density at radius 3 is 0.439 bits per heavy atom. The van der Waals surface area contributed by atoms with Crippen LogP contribution < -0.4 is 0 Å². The molecule has 0 fully saturated rings. The fourth-order valence-electron chi connectivity index (χ4n) is 4.72. The molecule has 0 aliphatic rings. The molecule has 8 N–H and O–H groups in total. The van der Waals surface area contributed by atoms with Gasteiger partial charge in [-0.25, -0.2) is 18.3 Å². The van der Waals surface area contributed by atoms with Crippen LogP contribution in [-0.2, 0) is 26.9 Å². The first-order chi connectivity index (χ1) is 26.5. The zero-order chi connectivity index (χ0) is 45.2. The van der Waals surface area contributed by atoms with E-state index < -0.39 is 31.3 Å². The lowest BCUT2D eigenvalue weighted by Crippen LogP contribution is -2.27. The predicted octanol–water partition coefficient (Wildman–Crippen LogP) is 9.44. The summed E-state index contributed by atoms with van der Waals surface area (Å²) in [7, 11) is -20.2. The van der Waals surface area contributed by atoms with E-state index in [1.54, 1.807) is 0 Å². The summed E-state index contributed by atoms with van der Waals surface area (Å²) in [6.07, 6.45) is 24.3. The van der Waals surface area contributed by atoms with Crippen LogP contribution in [0, 0.1) is 0 Å². The lowest BCUT2D eigenvalue weighted by Gasteiger charge is -2.21. The first-order valence-electron chi connectivity index (χ1n) is 21.3. The molecule has 352 valence electrons. The van der Waals surface area contributed by atoms with E-state index in [0.717, 1.165) is 0 Å². The Hall–Kier alpha value is 0.400. The highest BCUT2D eigenvalue weighted by Gasteiger charge is 2.28. The first-order valence-corrected chi connectivity index (χ1v) is 27.4. The third-order valence-electron chi connectivity index (χ3n) is 7.88. The van der Waals surface area contributed by atoms with Gasteiger partial charge in [-0.05, 0) is 117 Å². The monoisotopic (exact) mass is 912 g/mol. The molecule has 0 bridgehead atoms. The quantitative estimate of drug-likeness (QED) is 0.0301. The van der Waals surface area contributed by atoms with Crippen LogP contribution in [0.25, 0.3) is 0 Å². The molecule has 0 saturated carbocycles. The Kier molecular flexibility index (Phi) is 51.9. The summed E-state index contributed by atoms with van der Waals surface area (Å²) in [5.74, 6) is 0. The van der Waals surface area contributed by atoms with Crippen molar-refractivity contribution in [3.8, 4) is 0 Å². The Balaban J connectivity index is -0.000000200. The van der Waals surface area contributed by atoms with Crippen molar-refractivity contribution < 1.29 is 66.0 Å². The Morgan fingerprint density at radius 2 is 0.386 bits per heavy atom. The van der Waals surface area contributed by atoms with E-state index >= 15 is 0 Å².